The summed E-state index contributed by atoms with van der Waals surface area (Å²) in [5.74, 6) is 3.52. The lowest BCUT2D eigenvalue weighted by molar-refractivity contribution is 0.929. The van der Waals surface area contributed by atoms with Crippen LogP contribution in [0, 0.1) is 25.2 Å². The second-order valence-electron chi connectivity index (χ2n) is 11.2. The Hall–Kier alpha value is -6.59. The summed E-state index contributed by atoms with van der Waals surface area (Å²) in [5, 5.41) is 12.4. The van der Waals surface area contributed by atoms with Gasteiger partial charge in [0.2, 0.25) is 0 Å². The van der Waals surface area contributed by atoms with Crippen molar-refractivity contribution in [2.45, 2.75) is 13.8 Å². The molecule has 8 rings (SSSR count). The van der Waals surface area contributed by atoms with Crippen LogP contribution >= 0.6 is 0 Å². The first kappa shape index (κ1) is 27.9. The number of aromatic nitrogens is 7. The van der Waals surface area contributed by atoms with E-state index in [1.165, 1.54) is 0 Å². The number of hydrogen-bond acceptors (Lipinski definition) is 7. The molecule has 8 aromatic rings. The van der Waals surface area contributed by atoms with Gasteiger partial charge in [0.25, 0.3) is 0 Å². The smallest absolute Gasteiger partial charge is 0.165 e. The van der Waals surface area contributed by atoms with Gasteiger partial charge in [0.15, 0.2) is 23.3 Å². The zero-order valence-corrected chi connectivity index (χ0v) is 25.6. The molecule has 0 aliphatic carbocycles. The molecule has 0 unspecified atom stereocenters. The molecule has 47 heavy (non-hydrogen) atoms. The van der Waals surface area contributed by atoms with E-state index in [1.807, 2.05) is 111 Å². The van der Waals surface area contributed by atoms with E-state index in [0.717, 1.165) is 44.2 Å². The number of hydrogen-bond donors (Lipinski definition) is 0. The summed E-state index contributed by atoms with van der Waals surface area (Å²) in [4.78, 5) is 28.2. The Morgan fingerprint density at radius 3 is 1.72 bits per heavy atom. The summed E-state index contributed by atoms with van der Waals surface area (Å²) in [5.41, 5.74) is 6.67. The minimum Gasteiger partial charge on any atom is -0.309 e. The van der Waals surface area contributed by atoms with Gasteiger partial charge in [0, 0.05) is 38.7 Å². The Labute approximate surface area is 270 Å². The molecule has 0 saturated carbocycles. The van der Waals surface area contributed by atoms with Gasteiger partial charge >= 0.3 is 0 Å². The summed E-state index contributed by atoms with van der Waals surface area (Å²) < 4.78 is 2.21. The Bertz CT molecular complexity index is 2420. The number of aryl methyl sites for hydroxylation is 2. The second kappa shape index (κ2) is 11.4. The van der Waals surface area contributed by atoms with Gasteiger partial charge in [-0.2, -0.15) is 5.26 Å². The lowest BCUT2D eigenvalue weighted by Gasteiger charge is -2.13. The molecule has 0 N–H and O–H groups in total. The van der Waals surface area contributed by atoms with E-state index in [4.69, 9.17) is 15.0 Å². The van der Waals surface area contributed by atoms with Crippen LogP contribution in [0.4, 0.5) is 0 Å². The van der Waals surface area contributed by atoms with E-state index in [-0.39, 0.29) is 0 Å². The van der Waals surface area contributed by atoms with Crippen LogP contribution in [-0.4, -0.2) is 34.5 Å². The van der Waals surface area contributed by atoms with Crippen molar-refractivity contribution in [1.29, 1.82) is 5.26 Å². The van der Waals surface area contributed by atoms with Crippen molar-refractivity contribution in [2.24, 2.45) is 0 Å². The maximum atomic E-state index is 10.3. The highest BCUT2D eigenvalue weighted by Crippen LogP contribution is 2.36. The van der Waals surface area contributed by atoms with E-state index in [0.29, 0.717) is 46.1 Å². The monoisotopic (exact) mass is 606 g/mol. The number of para-hydroxylation sites is 1. The van der Waals surface area contributed by atoms with Gasteiger partial charge < -0.3 is 4.57 Å². The Kier molecular flexibility index (Phi) is 6.77. The van der Waals surface area contributed by atoms with Crippen molar-refractivity contribution in [1.82, 2.24) is 34.5 Å². The molecule has 0 saturated heterocycles. The van der Waals surface area contributed by atoms with E-state index in [2.05, 4.69) is 49.9 Å². The molecule has 8 heteroatoms. The number of fused-ring (bicyclic) bond motifs is 3. The van der Waals surface area contributed by atoms with Crippen molar-refractivity contribution >= 4 is 21.8 Å². The molecule has 0 bridgehead atoms. The zero-order chi connectivity index (χ0) is 31.9. The molecule has 0 radical (unpaired) electrons. The Morgan fingerprint density at radius 1 is 0.489 bits per heavy atom. The van der Waals surface area contributed by atoms with Crippen LogP contribution in [0.5, 0.6) is 0 Å². The van der Waals surface area contributed by atoms with Crippen LogP contribution in [-0.2, 0) is 0 Å². The molecule has 3 aromatic heterocycles. The highest BCUT2D eigenvalue weighted by Gasteiger charge is 2.19. The number of rotatable bonds is 5. The molecule has 3 heterocycles. The number of benzene rings is 5. The Balaban J connectivity index is 1.34. The molecule has 0 fully saturated rings. The van der Waals surface area contributed by atoms with Gasteiger partial charge in [-0.1, -0.05) is 78.9 Å². The Morgan fingerprint density at radius 2 is 1.06 bits per heavy atom. The van der Waals surface area contributed by atoms with E-state index in [9.17, 15) is 5.26 Å². The van der Waals surface area contributed by atoms with Crippen LogP contribution in [0.25, 0.3) is 73.0 Å². The van der Waals surface area contributed by atoms with Gasteiger partial charge in [-0.3, -0.25) is 0 Å². The van der Waals surface area contributed by atoms with Gasteiger partial charge in [-0.05, 0) is 56.3 Å². The van der Waals surface area contributed by atoms with Crippen molar-refractivity contribution in [3.63, 3.8) is 0 Å². The third-order valence-corrected chi connectivity index (χ3v) is 8.11. The first-order chi connectivity index (χ1) is 23.1. The maximum Gasteiger partial charge on any atom is 0.165 e. The maximum absolute atomic E-state index is 10.3. The first-order valence-corrected chi connectivity index (χ1v) is 15.2. The standard InChI is InChI=1S/C39H26N8/c1-24-41-25(2)43-38(42-24)28-18-20-35-33(21-28)31-15-9-10-16-34(31)47(35)30-19-17-29(23-40)32(22-30)39-45-36(26-11-5-3-6-12-26)44-37(46-39)27-13-7-4-8-14-27/h3-22H,1-2H3. The highest BCUT2D eigenvalue weighted by atomic mass is 15.0. The van der Waals surface area contributed by atoms with Gasteiger partial charge in [0.1, 0.15) is 11.6 Å². The molecular formula is C39H26N8. The average Bonchev–Trinajstić information content (AvgIpc) is 3.45. The minimum atomic E-state index is 0.430. The quantitative estimate of drug-likeness (QED) is 0.194. The SMILES string of the molecule is Cc1nc(C)nc(-c2ccc3c(c2)c2ccccc2n3-c2ccc(C#N)c(-c3nc(-c4ccccc4)nc(-c4ccccc4)n3)c2)n1. The minimum absolute atomic E-state index is 0.430. The molecule has 0 aliphatic heterocycles. The fraction of sp³-hybridized carbons (Fsp3) is 0.0513. The van der Waals surface area contributed by atoms with Crippen molar-refractivity contribution in [2.75, 3.05) is 0 Å². The lowest BCUT2D eigenvalue weighted by Crippen LogP contribution is -2.02. The normalized spacial score (nSPS) is 11.2. The van der Waals surface area contributed by atoms with Crippen LogP contribution in [0.1, 0.15) is 17.2 Å². The van der Waals surface area contributed by atoms with Crippen molar-refractivity contribution in [3.8, 4) is 57.3 Å². The van der Waals surface area contributed by atoms with Gasteiger partial charge in [-0.15, -0.1) is 0 Å². The van der Waals surface area contributed by atoms with Gasteiger partial charge in [0.05, 0.1) is 22.7 Å². The van der Waals surface area contributed by atoms with Crippen LogP contribution in [0.15, 0.2) is 121 Å². The lowest BCUT2D eigenvalue weighted by atomic mass is 10.1. The molecule has 0 aliphatic rings. The summed E-state index contributed by atoms with van der Waals surface area (Å²) >= 11 is 0. The fourth-order valence-electron chi connectivity index (χ4n) is 6.02. The predicted octanol–water partition coefficient (Wildman–Crippen LogP) is 8.31. The fourth-order valence-corrected chi connectivity index (χ4v) is 6.02. The molecular weight excluding hydrogens is 580 g/mol. The molecule has 0 atom stereocenters. The summed E-state index contributed by atoms with van der Waals surface area (Å²) in [6, 6.07) is 42.4. The topological polar surface area (TPSA) is 106 Å². The summed E-state index contributed by atoms with van der Waals surface area (Å²) in [6.45, 7) is 3.76. The molecule has 0 spiro atoms. The van der Waals surface area contributed by atoms with E-state index in [1.54, 1.807) is 0 Å². The average molecular weight is 607 g/mol. The molecule has 8 nitrogen and oxygen atoms in total. The predicted molar refractivity (Wildman–Crippen MR) is 183 cm³/mol. The van der Waals surface area contributed by atoms with Crippen LogP contribution < -0.4 is 0 Å². The van der Waals surface area contributed by atoms with Crippen molar-refractivity contribution < 1.29 is 0 Å². The van der Waals surface area contributed by atoms with E-state index < -0.39 is 0 Å². The molecule has 5 aromatic carbocycles. The summed E-state index contributed by atoms with van der Waals surface area (Å²) in [6.07, 6.45) is 0. The highest BCUT2D eigenvalue weighted by molar-refractivity contribution is 6.10. The van der Waals surface area contributed by atoms with E-state index >= 15 is 0 Å². The molecule has 222 valence electrons. The van der Waals surface area contributed by atoms with Crippen LogP contribution in [0.3, 0.4) is 0 Å². The second-order valence-corrected chi connectivity index (χ2v) is 11.2. The third kappa shape index (κ3) is 5.06. The summed E-state index contributed by atoms with van der Waals surface area (Å²) in [7, 11) is 0. The number of nitriles is 1. The zero-order valence-electron chi connectivity index (χ0n) is 25.6. The van der Waals surface area contributed by atoms with Crippen molar-refractivity contribution in [3.05, 3.63) is 139 Å². The molecule has 0 amide bonds. The van der Waals surface area contributed by atoms with Crippen LogP contribution in [0.2, 0.25) is 0 Å². The van der Waals surface area contributed by atoms with Gasteiger partial charge in [-0.25, -0.2) is 29.9 Å². The first-order valence-electron chi connectivity index (χ1n) is 15.2. The third-order valence-electron chi connectivity index (χ3n) is 8.11. The number of nitrogens with zero attached hydrogens (tertiary/aromatic N) is 8. The largest absolute Gasteiger partial charge is 0.309 e.